The number of alkyl halides is 4. The molecule has 0 spiro atoms. The molecule has 1 aromatic carbocycles. The maximum absolute atomic E-state index is 14.7. The van der Waals surface area contributed by atoms with Gasteiger partial charge in [0, 0.05) is 18.9 Å². The summed E-state index contributed by atoms with van der Waals surface area (Å²) in [5.41, 5.74) is 4.47. The average molecular weight is 442 g/mol. The van der Waals surface area contributed by atoms with Gasteiger partial charge in [-0.2, -0.15) is 8.78 Å². The molecule has 0 saturated carbocycles. The van der Waals surface area contributed by atoms with E-state index in [1.165, 1.54) is 16.8 Å². The number of benzene rings is 1. The van der Waals surface area contributed by atoms with Crippen molar-refractivity contribution in [2.24, 2.45) is 0 Å². The van der Waals surface area contributed by atoms with Gasteiger partial charge in [0.25, 0.3) is 12.0 Å². The molecule has 2 aromatic heterocycles. The van der Waals surface area contributed by atoms with Crippen molar-refractivity contribution < 1.29 is 26.7 Å². The second kappa shape index (κ2) is 9.82. The third-order valence-corrected chi connectivity index (χ3v) is 4.68. The molecule has 0 fully saturated rings. The van der Waals surface area contributed by atoms with Crippen LogP contribution in [-0.4, -0.2) is 27.8 Å². The number of nitrogen functional groups attached to an aromatic ring is 1. The van der Waals surface area contributed by atoms with Crippen LogP contribution in [0.3, 0.4) is 0 Å². The Balaban J connectivity index is 1.80. The minimum Gasteiger partial charge on any atom is -0.383 e. The summed E-state index contributed by atoms with van der Waals surface area (Å²) >= 11 is 0. The Bertz CT molecular complexity index is 1120. The van der Waals surface area contributed by atoms with Crippen molar-refractivity contribution in [2.45, 2.75) is 38.8 Å². The van der Waals surface area contributed by atoms with Crippen LogP contribution in [0.15, 0.2) is 35.4 Å². The van der Waals surface area contributed by atoms with Crippen molar-refractivity contribution >= 4 is 16.6 Å². The number of unbranched alkanes of at least 4 members (excludes halogenated alkanes) is 2. The van der Waals surface area contributed by atoms with Gasteiger partial charge >= 0.3 is 6.61 Å². The molecule has 6 nitrogen and oxygen atoms in total. The van der Waals surface area contributed by atoms with Gasteiger partial charge in [0.15, 0.2) is 5.82 Å². The van der Waals surface area contributed by atoms with Crippen molar-refractivity contribution in [3.63, 3.8) is 0 Å². The largest absolute Gasteiger partial charge is 0.383 e. The van der Waals surface area contributed by atoms with Gasteiger partial charge in [-0.3, -0.25) is 4.79 Å². The van der Waals surface area contributed by atoms with E-state index in [0.29, 0.717) is 31.2 Å². The number of ether oxygens (including phenoxy) is 1. The van der Waals surface area contributed by atoms with Crippen LogP contribution in [0.1, 0.15) is 31.3 Å². The number of anilines is 1. The van der Waals surface area contributed by atoms with Crippen molar-refractivity contribution in [1.82, 2.24) is 14.5 Å². The van der Waals surface area contributed by atoms with Crippen molar-refractivity contribution in [3.8, 4) is 11.4 Å². The summed E-state index contributed by atoms with van der Waals surface area (Å²) < 4.78 is 69.7. The van der Waals surface area contributed by atoms with Gasteiger partial charge in [-0.1, -0.05) is 0 Å². The van der Waals surface area contributed by atoms with Gasteiger partial charge in [0.05, 0.1) is 23.1 Å². The smallest absolute Gasteiger partial charge is 0.345 e. The lowest BCUT2D eigenvalue weighted by atomic mass is 10.1. The molecule has 0 bridgehead atoms. The van der Waals surface area contributed by atoms with E-state index in [0.717, 1.165) is 12.3 Å². The third kappa shape index (κ3) is 5.35. The van der Waals surface area contributed by atoms with Crippen LogP contribution in [0.5, 0.6) is 0 Å². The molecule has 0 atom stereocenters. The molecule has 166 valence electrons. The number of aromatic nitrogens is 3. The summed E-state index contributed by atoms with van der Waals surface area (Å²) in [5.74, 6) is -1.42. The van der Waals surface area contributed by atoms with Gasteiger partial charge in [-0.05, 0) is 42.8 Å². The Hall–Kier alpha value is -3.08. The summed E-state index contributed by atoms with van der Waals surface area (Å²) in [7, 11) is 0. The lowest BCUT2D eigenvalue weighted by Crippen LogP contribution is -2.19. The standard InChI is InChI=1S/C20H19F5N4O2/c21-15-9-12-11(8-13(15)18-27-10-14(16(22)23)17(26)28-18)4-6-29(19(12)30)5-2-1-3-7-31-20(24)25/h4,6,8-10,16,20H,1-3,5,7H2,(H2,26,27,28). The van der Waals surface area contributed by atoms with E-state index in [2.05, 4.69) is 14.7 Å². The summed E-state index contributed by atoms with van der Waals surface area (Å²) in [6, 6.07) is 4.01. The SMILES string of the molecule is Nc1nc(-c2cc3ccn(CCCCCOC(F)F)c(=O)c3cc2F)ncc1C(F)F. The Morgan fingerprint density at radius 1 is 1.13 bits per heavy atom. The number of hydrogen-bond acceptors (Lipinski definition) is 5. The molecule has 0 saturated heterocycles. The summed E-state index contributed by atoms with van der Waals surface area (Å²) in [5, 5.41) is 0.546. The minimum absolute atomic E-state index is 0.0663. The molecule has 31 heavy (non-hydrogen) atoms. The highest BCUT2D eigenvalue weighted by atomic mass is 19.3. The van der Waals surface area contributed by atoms with E-state index in [4.69, 9.17) is 5.73 Å². The molecule has 0 aliphatic rings. The van der Waals surface area contributed by atoms with Crippen LogP contribution in [0.4, 0.5) is 27.8 Å². The van der Waals surface area contributed by atoms with E-state index in [-0.39, 0.29) is 23.4 Å². The van der Waals surface area contributed by atoms with Crippen molar-refractivity contribution in [3.05, 3.63) is 52.3 Å². The number of hydrogen-bond donors (Lipinski definition) is 1. The number of rotatable bonds is 9. The van der Waals surface area contributed by atoms with E-state index in [9.17, 15) is 26.7 Å². The van der Waals surface area contributed by atoms with Crippen LogP contribution in [0.25, 0.3) is 22.2 Å². The van der Waals surface area contributed by atoms with Gasteiger partial charge < -0.3 is 15.0 Å². The Kier molecular flexibility index (Phi) is 7.16. The molecule has 0 radical (unpaired) electrons. The molecule has 0 amide bonds. The fraction of sp³-hybridized carbons (Fsp3) is 0.350. The molecular formula is C20H19F5N4O2. The molecular weight excluding hydrogens is 423 g/mol. The van der Waals surface area contributed by atoms with E-state index >= 15 is 0 Å². The zero-order valence-electron chi connectivity index (χ0n) is 16.2. The summed E-state index contributed by atoms with van der Waals surface area (Å²) in [6.45, 7) is -2.53. The molecule has 11 heteroatoms. The highest BCUT2D eigenvalue weighted by Crippen LogP contribution is 2.28. The second-order valence-electron chi connectivity index (χ2n) is 6.76. The van der Waals surface area contributed by atoms with Crippen LogP contribution >= 0.6 is 0 Å². The molecule has 0 unspecified atom stereocenters. The number of nitrogens with two attached hydrogens (primary N) is 1. The summed E-state index contributed by atoms with van der Waals surface area (Å²) in [4.78, 5) is 20.2. The maximum atomic E-state index is 14.7. The minimum atomic E-state index is -2.86. The van der Waals surface area contributed by atoms with Crippen LogP contribution in [0.2, 0.25) is 0 Å². The average Bonchev–Trinajstić information content (AvgIpc) is 2.71. The van der Waals surface area contributed by atoms with Crippen molar-refractivity contribution in [1.29, 1.82) is 0 Å². The molecule has 0 aliphatic heterocycles. The monoisotopic (exact) mass is 442 g/mol. The quantitative estimate of drug-likeness (QED) is 0.389. The fourth-order valence-electron chi connectivity index (χ4n) is 3.09. The first-order valence-corrected chi connectivity index (χ1v) is 9.41. The number of nitrogens with zero attached hydrogens (tertiary/aromatic N) is 3. The fourth-order valence-corrected chi connectivity index (χ4v) is 3.09. The molecule has 2 heterocycles. The van der Waals surface area contributed by atoms with E-state index in [1.807, 2.05) is 0 Å². The van der Waals surface area contributed by atoms with E-state index < -0.39 is 35.8 Å². The lowest BCUT2D eigenvalue weighted by molar-refractivity contribution is -0.129. The topological polar surface area (TPSA) is 83.0 Å². The van der Waals surface area contributed by atoms with Gasteiger partial charge in [-0.25, -0.2) is 23.1 Å². The van der Waals surface area contributed by atoms with E-state index in [1.54, 1.807) is 6.07 Å². The molecule has 3 aromatic rings. The highest BCUT2D eigenvalue weighted by Gasteiger charge is 2.17. The lowest BCUT2D eigenvalue weighted by Gasteiger charge is -2.10. The molecule has 3 rings (SSSR count). The van der Waals surface area contributed by atoms with Gasteiger partial charge in [0.2, 0.25) is 0 Å². The summed E-state index contributed by atoms with van der Waals surface area (Å²) in [6.07, 6.45) is 1.09. The second-order valence-corrected chi connectivity index (χ2v) is 6.76. The Labute approximate surface area is 173 Å². The number of pyridine rings is 1. The van der Waals surface area contributed by atoms with Crippen LogP contribution < -0.4 is 11.3 Å². The molecule has 0 aliphatic carbocycles. The predicted octanol–water partition coefficient (Wildman–Crippen LogP) is 4.53. The first-order valence-electron chi connectivity index (χ1n) is 9.41. The number of fused-ring (bicyclic) bond motifs is 1. The Morgan fingerprint density at radius 2 is 1.90 bits per heavy atom. The van der Waals surface area contributed by atoms with Crippen LogP contribution in [-0.2, 0) is 11.3 Å². The first kappa shape index (κ1) is 22.6. The normalized spacial score (nSPS) is 11.7. The van der Waals surface area contributed by atoms with Crippen LogP contribution in [0, 0.1) is 5.82 Å². The highest BCUT2D eigenvalue weighted by molar-refractivity contribution is 5.86. The zero-order chi connectivity index (χ0) is 22.5. The molecule has 2 N–H and O–H groups in total. The maximum Gasteiger partial charge on any atom is 0.345 e. The predicted molar refractivity (Wildman–Crippen MR) is 104 cm³/mol. The third-order valence-electron chi connectivity index (χ3n) is 4.68. The Morgan fingerprint density at radius 3 is 2.58 bits per heavy atom. The number of halogens is 5. The zero-order valence-corrected chi connectivity index (χ0v) is 16.2. The number of aryl methyl sites for hydroxylation is 1. The van der Waals surface area contributed by atoms with Gasteiger partial charge in [-0.15, -0.1) is 0 Å². The van der Waals surface area contributed by atoms with Gasteiger partial charge in [0.1, 0.15) is 11.6 Å². The van der Waals surface area contributed by atoms with Crippen molar-refractivity contribution in [2.75, 3.05) is 12.3 Å². The first-order chi connectivity index (χ1) is 14.8.